The number of hydrogen-bond donors (Lipinski definition) is 1. The lowest BCUT2D eigenvalue weighted by molar-refractivity contribution is -0.120. The second kappa shape index (κ2) is 8.47. The average Bonchev–Trinajstić information content (AvgIpc) is 2.43. The van der Waals surface area contributed by atoms with E-state index in [1.807, 2.05) is 37.3 Å². The van der Waals surface area contributed by atoms with E-state index in [4.69, 9.17) is 4.52 Å². The standard InChI is InChI=1S/C16H25O4P/c1-4-13(2)20-21(18,19)12-16(14(3)17)11-10-15-8-6-5-7-9-15/h5-9,13,16H,4,10-12H2,1-3H3,(H,18,19). The summed E-state index contributed by atoms with van der Waals surface area (Å²) in [7, 11) is -3.72. The molecule has 118 valence electrons. The predicted octanol–water partition coefficient (Wildman–Crippen LogP) is 3.82. The molecule has 21 heavy (non-hydrogen) atoms. The Hall–Kier alpha value is -0.960. The van der Waals surface area contributed by atoms with Crippen molar-refractivity contribution >= 4 is 13.4 Å². The molecule has 0 aromatic heterocycles. The summed E-state index contributed by atoms with van der Waals surface area (Å²) in [6.07, 6.45) is 1.57. The highest BCUT2D eigenvalue weighted by atomic mass is 31.2. The molecular weight excluding hydrogens is 287 g/mol. The maximum atomic E-state index is 12.1. The molecule has 5 heteroatoms. The van der Waals surface area contributed by atoms with Gasteiger partial charge in [-0.2, -0.15) is 0 Å². The van der Waals surface area contributed by atoms with E-state index in [9.17, 15) is 14.3 Å². The molecule has 4 nitrogen and oxygen atoms in total. The monoisotopic (exact) mass is 312 g/mol. The number of carbonyl (C=O) groups is 1. The molecule has 1 N–H and O–H groups in total. The van der Waals surface area contributed by atoms with Crippen molar-refractivity contribution in [2.75, 3.05) is 6.16 Å². The van der Waals surface area contributed by atoms with Crippen LogP contribution in [0.5, 0.6) is 0 Å². The van der Waals surface area contributed by atoms with Gasteiger partial charge >= 0.3 is 7.60 Å². The summed E-state index contributed by atoms with van der Waals surface area (Å²) in [4.78, 5) is 21.6. The molecule has 0 aliphatic rings. The minimum Gasteiger partial charge on any atom is -0.324 e. The zero-order valence-electron chi connectivity index (χ0n) is 13.0. The lowest BCUT2D eigenvalue weighted by atomic mass is 9.98. The van der Waals surface area contributed by atoms with Gasteiger partial charge in [0.05, 0.1) is 12.3 Å². The quantitative estimate of drug-likeness (QED) is 0.704. The molecule has 0 saturated heterocycles. The van der Waals surface area contributed by atoms with E-state index in [2.05, 4.69) is 0 Å². The van der Waals surface area contributed by atoms with E-state index in [1.54, 1.807) is 6.92 Å². The minimum absolute atomic E-state index is 0.0621. The fraction of sp³-hybridized carbons (Fsp3) is 0.562. The highest BCUT2D eigenvalue weighted by Gasteiger charge is 2.29. The number of aryl methyl sites for hydroxylation is 1. The summed E-state index contributed by atoms with van der Waals surface area (Å²) >= 11 is 0. The Balaban J connectivity index is 2.61. The zero-order valence-corrected chi connectivity index (χ0v) is 13.9. The molecule has 0 aliphatic heterocycles. The molecule has 0 fully saturated rings. The fourth-order valence-electron chi connectivity index (χ4n) is 2.09. The number of ketones is 1. The van der Waals surface area contributed by atoms with Gasteiger partial charge in [0.2, 0.25) is 0 Å². The van der Waals surface area contributed by atoms with Gasteiger partial charge in [0.1, 0.15) is 5.78 Å². The normalized spacial score (nSPS) is 17.0. The predicted molar refractivity (Wildman–Crippen MR) is 84.5 cm³/mol. The maximum absolute atomic E-state index is 12.1. The van der Waals surface area contributed by atoms with Crippen molar-refractivity contribution in [2.45, 2.75) is 46.1 Å². The van der Waals surface area contributed by atoms with Crippen LogP contribution in [-0.2, 0) is 20.3 Å². The van der Waals surface area contributed by atoms with Gasteiger partial charge in [-0.05, 0) is 38.7 Å². The van der Waals surface area contributed by atoms with E-state index < -0.39 is 13.5 Å². The summed E-state index contributed by atoms with van der Waals surface area (Å²) in [6, 6.07) is 9.81. The lowest BCUT2D eigenvalue weighted by Crippen LogP contribution is -2.19. The Morgan fingerprint density at radius 3 is 2.48 bits per heavy atom. The average molecular weight is 312 g/mol. The van der Waals surface area contributed by atoms with Crippen molar-refractivity contribution in [1.29, 1.82) is 0 Å². The smallest absolute Gasteiger partial charge is 0.324 e. The highest BCUT2D eigenvalue weighted by Crippen LogP contribution is 2.46. The molecule has 0 radical (unpaired) electrons. The van der Waals surface area contributed by atoms with Crippen molar-refractivity contribution < 1.29 is 18.8 Å². The first-order chi connectivity index (χ1) is 9.84. The SMILES string of the molecule is CCC(C)OP(=O)(O)CC(CCc1ccccc1)C(C)=O. The van der Waals surface area contributed by atoms with E-state index in [0.717, 1.165) is 5.56 Å². The Morgan fingerprint density at radius 2 is 1.95 bits per heavy atom. The van der Waals surface area contributed by atoms with Crippen LogP contribution < -0.4 is 0 Å². The van der Waals surface area contributed by atoms with Gasteiger partial charge in [-0.25, -0.2) is 0 Å². The van der Waals surface area contributed by atoms with Crippen molar-refractivity contribution in [3.63, 3.8) is 0 Å². The van der Waals surface area contributed by atoms with Crippen LogP contribution in [-0.4, -0.2) is 22.9 Å². The Bertz CT molecular complexity index is 486. The molecule has 1 aromatic carbocycles. The van der Waals surface area contributed by atoms with Crippen molar-refractivity contribution in [2.24, 2.45) is 5.92 Å². The molecule has 0 bridgehead atoms. The van der Waals surface area contributed by atoms with Crippen LogP contribution in [0, 0.1) is 5.92 Å². The highest BCUT2D eigenvalue weighted by molar-refractivity contribution is 7.52. The summed E-state index contributed by atoms with van der Waals surface area (Å²) in [5, 5.41) is 0. The maximum Gasteiger partial charge on any atom is 0.329 e. The lowest BCUT2D eigenvalue weighted by Gasteiger charge is -2.21. The van der Waals surface area contributed by atoms with Crippen LogP contribution in [0.15, 0.2) is 30.3 Å². The third-order valence-electron chi connectivity index (χ3n) is 3.57. The Kier molecular flexibility index (Phi) is 7.30. The van der Waals surface area contributed by atoms with Gasteiger partial charge in [-0.15, -0.1) is 0 Å². The van der Waals surface area contributed by atoms with Gasteiger partial charge in [-0.1, -0.05) is 37.3 Å². The van der Waals surface area contributed by atoms with Crippen molar-refractivity contribution in [3.8, 4) is 0 Å². The number of carbonyl (C=O) groups excluding carboxylic acids is 1. The number of hydrogen-bond acceptors (Lipinski definition) is 3. The van der Waals surface area contributed by atoms with Gasteiger partial charge in [-0.3, -0.25) is 9.36 Å². The molecule has 3 atom stereocenters. The van der Waals surface area contributed by atoms with Crippen LogP contribution in [0.1, 0.15) is 39.2 Å². The van der Waals surface area contributed by atoms with Gasteiger partial charge in [0.25, 0.3) is 0 Å². The number of benzene rings is 1. The zero-order chi connectivity index (χ0) is 15.9. The summed E-state index contributed by atoms with van der Waals surface area (Å²) in [5.41, 5.74) is 1.12. The van der Waals surface area contributed by atoms with E-state index in [0.29, 0.717) is 19.3 Å². The van der Waals surface area contributed by atoms with Gasteiger partial charge in [0.15, 0.2) is 0 Å². The molecule has 0 aliphatic carbocycles. The molecule has 1 aromatic rings. The van der Waals surface area contributed by atoms with Crippen molar-refractivity contribution in [1.82, 2.24) is 0 Å². The molecule has 0 heterocycles. The summed E-state index contributed by atoms with van der Waals surface area (Å²) < 4.78 is 17.3. The topological polar surface area (TPSA) is 63.6 Å². The van der Waals surface area contributed by atoms with Gasteiger partial charge in [0, 0.05) is 5.92 Å². The van der Waals surface area contributed by atoms with Crippen LogP contribution in [0.25, 0.3) is 0 Å². The Morgan fingerprint density at radius 1 is 1.33 bits per heavy atom. The summed E-state index contributed by atoms with van der Waals surface area (Å²) in [6.45, 7) is 5.12. The molecule has 0 saturated carbocycles. The Labute approximate surface area is 127 Å². The fourth-order valence-corrected chi connectivity index (χ4v) is 3.88. The van der Waals surface area contributed by atoms with E-state index in [-0.39, 0.29) is 18.0 Å². The minimum atomic E-state index is -3.72. The first-order valence-electron chi connectivity index (χ1n) is 7.38. The van der Waals surface area contributed by atoms with Crippen LogP contribution >= 0.6 is 7.60 Å². The van der Waals surface area contributed by atoms with Crippen LogP contribution in [0.2, 0.25) is 0 Å². The van der Waals surface area contributed by atoms with E-state index in [1.165, 1.54) is 6.92 Å². The first kappa shape index (κ1) is 18.1. The molecule has 1 rings (SSSR count). The molecule has 0 amide bonds. The third kappa shape index (κ3) is 7.03. The van der Waals surface area contributed by atoms with Crippen molar-refractivity contribution in [3.05, 3.63) is 35.9 Å². The number of rotatable bonds is 9. The first-order valence-corrected chi connectivity index (χ1v) is 9.15. The molecular formula is C16H25O4P. The van der Waals surface area contributed by atoms with E-state index >= 15 is 0 Å². The third-order valence-corrected chi connectivity index (χ3v) is 5.16. The molecule has 3 unspecified atom stereocenters. The van der Waals surface area contributed by atoms with Crippen LogP contribution in [0.4, 0.5) is 0 Å². The number of Topliss-reactive ketones (excluding diaryl/α,β-unsaturated/α-hetero) is 1. The van der Waals surface area contributed by atoms with Crippen LogP contribution in [0.3, 0.4) is 0 Å². The molecule has 0 spiro atoms. The second-order valence-electron chi connectivity index (χ2n) is 5.48. The second-order valence-corrected chi connectivity index (χ2v) is 7.33. The largest absolute Gasteiger partial charge is 0.329 e. The van der Waals surface area contributed by atoms with Gasteiger partial charge < -0.3 is 9.42 Å². The summed E-state index contributed by atoms with van der Waals surface area (Å²) in [5.74, 6) is -0.502.